The lowest BCUT2D eigenvalue weighted by molar-refractivity contribution is -0.126. The summed E-state index contributed by atoms with van der Waals surface area (Å²) >= 11 is 1.06. The third-order valence-corrected chi connectivity index (χ3v) is 9.45. The van der Waals surface area contributed by atoms with Gasteiger partial charge in [-0.25, -0.2) is 13.4 Å². The highest BCUT2D eigenvalue weighted by Crippen LogP contribution is 2.40. The molecule has 2 unspecified atom stereocenters. The number of methoxy groups -OCH3 is 1. The molecule has 1 fully saturated rings. The minimum Gasteiger partial charge on any atom is -0.495 e. The van der Waals surface area contributed by atoms with E-state index in [9.17, 15) is 34.9 Å². The minimum absolute atomic E-state index is 0.00174. The van der Waals surface area contributed by atoms with E-state index < -0.39 is 44.9 Å². The molecule has 0 spiro atoms. The molecule has 4 rings (SSSR count). The average molecular weight is 637 g/mol. The van der Waals surface area contributed by atoms with Crippen LogP contribution < -0.4 is 15.4 Å². The Morgan fingerprint density at radius 2 is 1.90 bits per heavy atom. The highest BCUT2D eigenvalue weighted by molar-refractivity contribution is 7.93. The summed E-state index contributed by atoms with van der Waals surface area (Å²) in [6.07, 6.45) is -6.33. The number of ether oxygens (including phenoxy) is 1. The number of nitrogens with one attached hydrogen (secondary N) is 3. The molecule has 2 heterocycles. The van der Waals surface area contributed by atoms with Crippen LogP contribution in [0.2, 0.25) is 0 Å². The van der Waals surface area contributed by atoms with Crippen LogP contribution in [0.15, 0.2) is 41.3 Å². The molecule has 0 radical (unpaired) electrons. The molecule has 228 valence electrons. The molecule has 2 aromatic carbocycles. The van der Waals surface area contributed by atoms with Crippen LogP contribution >= 0.6 is 11.3 Å². The van der Waals surface area contributed by atoms with Gasteiger partial charge in [0.2, 0.25) is 0 Å². The highest BCUT2D eigenvalue weighted by atomic mass is 32.2. The maximum absolute atomic E-state index is 14.7. The van der Waals surface area contributed by atoms with Crippen molar-refractivity contribution in [3.05, 3.63) is 46.8 Å². The van der Waals surface area contributed by atoms with Crippen molar-refractivity contribution < 1.29 is 39.7 Å². The summed E-state index contributed by atoms with van der Waals surface area (Å²) < 4.78 is 119. The standard InChI is InChI=1S/C27H27F7N4O2S2/c1-38-12-10-20(19(28)15-38)37-22-6-3-5-17-18(14-26(29,30)31)24(41-25(17)22)7-4-11-36-21-9-8-16(13-23(21)40-2)42(35,39)27(32,33)34/h3,5-6,8-9,13,19-20,35-37H,10-12,14-15H2,1-2H3/t19-,20?,42?/m1/s1. The number of anilines is 2. The smallest absolute Gasteiger partial charge is 0.483 e. The molecule has 6 nitrogen and oxygen atoms in total. The predicted octanol–water partition coefficient (Wildman–Crippen LogP) is 6.86. The fourth-order valence-electron chi connectivity index (χ4n) is 4.57. The maximum Gasteiger partial charge on any atom is 0.483 e. The first-order chi connectivity index (χ1) is 19.6. The topological polar surface area (TPSA) is 77.4 Å². The zero-order chi connectivity index (χ0) is 30.9. The molecule has 1 saturated heterocycles. The molecule has 1 aliphatic rings. The number of piperidine rings is 1. The lowest BCUT2D eigenvalue weighted by atomic mass is 10.0. The van der Waals surface area contributed by atoms with Crippen molar-refractivity contribution in [2.45, 2.75) is 41.6 Å². The number of fused-ring (bicyclic) bond motifs is 1. The van der Waals surface area contributed by atoms with Gasteiger partial charge in [-0.3, -0.25) is 0 Å². The Morgan fingerprint density at radius 3 is 2.55 bits per heavy atom. The first kappa shape index (κ1) is 31.7. The molecule has 0 amide bonds. The van der Waals surface area contributed by atoms with E-state index in [2.05, 4.69) is 22.5 Å². The molecular formula is C27H27F7N4O2S2. The second kappa shape index (κ2) is 12.2. The van der Waals surface area contributed by atoms with E-state index >= 15 is 0 Å². The molecule has 3 atom stereocenters. The van der Waals surface area contributed by atoms with Gasteiger partial charge in [-0.1, -0.05) is 24.0 Å². The summed E-state index contributed by atoms with van der Waals surface area (Å²) in [6, 6.07) is 7.28. The van der Waals surface area contributed by atoms with Crippen LogP contribution in [0.25, 0.3) is 10.1 Å². The van der Waals surface area contributed by atoms with E-state index in [1.807, 2.05) is 11.9 Å². The number of benzene rings is 2. The Bertz CT molecular complexity index is 1610. The van der Waals surface area contributed by atoms with Crippen LogP contribution in [0.3, 0.4) is 0 Å². The number of likely N-dealkylation sites (tertiary alicyclic amines) is 1. The Kier molecular flexibility index (Phi) is 9.19. The Morgan fingerprint density at radius 1 is 1.17 bits per heavy atom. The second-order valence-corrected chi connectivity index (χ2v) is 12.8. The van der Waals surface area contributed by atoms with Crippen molar-refractivity contribution >= 4 is 42.5 Å². The van der Waals surface area contributed by atoms with Crippen molar-refractivity contribution in [3.63, 3.8) is 0 Å². The first-order valence-electron chi connectivity index (χ1n) is 12.6. The summed E-state index contributed by atoms with van der Waals surface area (Å²) in [7, 11) is -2.09. The molecule has 0 bridgehead atoms. The lowest BCUT2D eigenvalue weighted by Crippen LogP contribution is -2.46. The average Bonchev–Trinajstić information content (AvgIpc) is 3.24. The number of halogens is 7. The Hall–Kier alpha value is -3.22. The summed E-state index contributed by atoms with van der Waals surface area (Å²) in [5.41, 5.74) is -4.56. The fraction of sp³-hybridized carbons (Fsp3) is 0.407. The van der Waals surface area contributed by atoms with Gasteiger partial charge >= 0.3 is 11.7 Å². The zero-order valence-electron chi connectivity index (χ0n) is 22.4. The number of nitrogens with zero attached hydrogens (tertiary/aromatic N) is 1. The molecule has 42 heavy (non-hydrogen) atoms. The van der Waals surface area contributed by atoms with Crippen molar-refractivity contribution in [1.82, 2.24) is 4.90 Å². The largest absolute Gasteiger partial charge is 0.495 e. The monoisotopic (exact) mass is 636 g/mol. The molecule has 3 N–H and O–H groups in total. The van der Waals surface area contributed by atoms with Crippen molar-refractivity contribution in [2.24, 2.45) is 0 Å². The third kappa shape index (κ3) is 7.04. The van der Waals surface area contributed by atoms with Crippen LogP contribution in [0, 0.1) is 16.6 Å². The van der Waals surface area contributed by atoms with Crippen molar-refractivity contribution in [1.29, 1.82) is 4.78 Å². The van der Waals surface area contributed by atoms with Gasteiger partial charge in [0, 0.05) is 13.1 Å². The number of hydrogen-bond acceptors (Lipinski definition) is 7. The van der Waals surface area contributed by atoms with Gasteiger partial charge in [0.1, 0.15) is 11.9 Å². The molecule has 1 aromatic heterocycles. The molecule has 1 aliphatic heterocycles. The van der Waals surface area contributed by atoms with Crippen molar-refractivity contribution in [2.75, 3.05) is 44.4 Å². The number of thiophene rings is 1. The molecule has 0 saturated carbocycles. The van der Waals surface area contributed by atoms with Crippen molar-refractivity contribution in [3.8, 4) is 17.6 Å². The van der Waals surface area contributed by atoms with Crippen LogP contribution in [0.5, 0.6) is 5.75 Å². The predicted molar refractivity (Wildman–Crippen MR) is 150 cm³/mol. The number of hydrogen-bond donors (Lipinski definition) is 3. The van der Waals surface area contributed by atoms with Crippen LogP contribution in [-0.2, 0) is 16.1 Å². The fourth-order valence-corrected chi connectivity index (χ4v) is 6.54. The molecule has 0 aliphatic carbocycles. The summed E-state index contributed by atoms with van der Waals surface area (Å²) in [5, 5.41) is 6.35. The van der Waals surface area contributed by atoms with Gasteiger partial charge in [-0.15, -0.1) is 11.3 Å². The van der Waals surface area contributed by atoms with Crippen LogP contribution in [0.4, 0.5) is 42.1 Å². The number of rotatable bonds is 7. The summed E-state index contributed by atoms with van der Waals surface area (Å²) in [6.45, 7) is 0.813. The maximum atomic E-state index is 14.7. The second-order valence-electron chi connectivity index (χ2n) is 9.72. The van der Waals surface area contributed by atoms with Gasteiger partial charge < -0.3 is 20.3 Å². The Labute approximate surface area is 242 Å². The van der Waals surface area contributed by atoms with Gasteiger partial charge in [0.15, 0.2) is 9.73 Å². The molecular weight excluding hydrogens is 609 g/mol. The number of alkyl halides is 7. The highest BCUT2D eigenvalue weighted by Gasteiger charge is 2.43. The van der Waals surface area contributed by atoms with Gasteiger partial charge in [0.25, 0.3) is 0 Å². The first-order valence-corrected chi connectivity index (χ1v) is 14.9. The minimum atomic E-state index is -5.27. The van der Waals surface area contributed by atoms with Gasteiger partial charge in [-0.05, 0) is 48.7 Å². The Balaban J connectivity index is 1.60. The van der Waals surface area contributed by atoms with E-state index in [4.69, 9.17) is 9.52 Å². The molecule has 3 aromatic rings. The lowest BCUT2D eigenvalue weighted by Gasteiger charge is -2.33. The summed E-state index contributed by atoms with van der Waals surface area (Å²) in [5.74, 6) is 5.39. The molecule has 15 heteroatoms. The van der Waals surface area contributed by atoms with Crippen LogP contribution in [-0.4, -0.2) is 66.8 Å². The normalized spacial score (nSPS) is 19.5. The zero-order valence-corrected chi connectivity index (χ0v) is 24.0. The van der Waals surface area contributed by atoms with Gasteiger partial charge in [-0.2, -0.15) is 26.3 Å². The van der Waals surface area contributed by atoms with Gasteiger partial charge in [0.05, 0.1) is 52.0 Å². The van der Waals surface area contributed by atoms with E-state index in [1.54, 1.807) is 18.2 Å². The van der Waals surface area contributed by atoms with E-state index in [0.717, 1.165) is 29.5 Å². The van der Waals surface area contributed by atoms with E-state index in [1.165, 1.54) is 7.11 Å². The SMILES string of the molecule is COc1cc(S(=N)(=O)C(F)(F)F)ccc1NCC#Cc1sc2c(NC3CCN(C)C[C@H]3F)cccc2c1CC(F)(F)F. The van der Waals surface area contributed by atoms with Crippen LogP contribution in [0.1, 0.15) is 16.9 Å². The third-order valence-electron chi connectivity index (χ3n) is 6.68. The summed E-state index contributed by atoms with van der Waals surface area (Å²) in [4.78, 5) is 1.27. The van der Waals surface area contributed by atoms with E-state index in [-0.39, 0.29) is 35.0 Å². The van der Waals surface area contributed by atoms with E-state index in [0.29, 0.717) is 28.7 Å². The quantitative estimate of drug-likeness (QED) is 0.195.